The van der Waals surface area contributed by atoms with Gasteiger partial charge in [-0.2, -0.15) is 0 Å². The third-order valence-corrected chi connectivity index (χ3v) is 4.46. The van der Waals surface area contributed by atoms with E-state index in [2.05, 4.69) is 37.2 Å². The SMILES string of the molecule is Cc1cc(C)c(CNC2CC2)c(N(C)CC2CCCO2)n1. The van der Waals surface area contributed by atoms with E-state index in [0.29, 0.717) is 6.10 Å². The average Bonchev–Trinajstić information content (AvgIpc) is 3.13. The summed E-state index contributed by atoms with van der Waals surface area (Å²) in [5.41, 5.74) is 3.77. The lowest BCUT2D eigenvalue weighted by Gasteiger charge is -2.25. The highest BCUT2D eigenvalue weighted by Gasteiger charge is 2.23. The van der Waals surface area contributed by atoms with Crippen LogP contribution in [-0.2, 0) is 11.3 Å². The summed E-state index contributed by atoms with van der Waals surface area (Å²) in [4.78, 5) is 7.08. The normalized spacial score (nSPS) is 21.8. The number of likely N-dealkylation sites (N-methyl/N-ethyl adjacent to an activating group) is 1. The molecule has 4 heteroatoms. The molecule has 2 heterocycles. The largest absolute Gasteiger partial charge is 0.376 e. The molecule has 0 radical (unpaired) electrons. The van der Waals surface area contributed by atoms with Gasteiger partial charge in [0.15, 0.2) is 0 Å². The second-order valence-corrected chi connectivity index (χ2v) is 6.55. The molecule has 3 rings (SSSR count). The van der Waals surface area contributed by atoms with E-state index in [4.69, 9.17) is 9.72 Å². The first-order valence-electron chi connectivity index (χ1n) is 8.16. The van der Waals surface area contributed by atoms with Gasteiger partial charge in [0.25, 0.3) is 0 Å². The van der Waals surface area contributed by atoms with E-state index in [-0.39, 0.29) is 0 Å². The number of ether oxygens (including phenoxy) is 1. The molecule has 1 N–H and O–H groups in total. The Labute approximate surface area is 127 Å². The van der Waals surface area contributed by atoms with E-state index in [1.807, 2.05) is 0 Å². The Morgan fingerprint density at radius 2 is 2.14 bits per heavy atom. The highest BCUT2D eigenvalue weighted by Crippen LogP contribution is 2.26. The predicted octanol–water partition coefficient (Wildman–Crippen LogP) is 2.57. The van der Waals surface area contributed by atoms with Gasteiger partial charge in [-0.3, -0.25) is 0 Å². The van der Waals surface area contributed by atoms with Crippen LogP contribution in [0.15, 0.2) is 6.07 Å². The summed E-state index contributed by atoms with van der Waals surface area (Å²) in [7, 11) is 2.14. The maximum Gasteiger partial charge on any atom is 0.133 e. The zero-order chi connectivity index (χ0) is 14.8. The lowest BCUT2D eigenvalue weighted by Crippen LogP contribution is -2.31. The minimum absolute atomic E-state index is 0.363. The number of anilines is 1. The first-order chi connectivity index (χ1) is 10.1. The summed E-state index contributed by atoms with van der Waals surface area (Å²) in [6.07, 6.45) is 5.36. The van der Waals surface area contributed by atoms with E-state index >= 15 is 0 Å². The maximum atomic E-state index is 5.77. The van der Waals surface area contributed by atoms with E-state index in [1.54, 1.807) is 0 Å². The molecule has 1 aromatic rings. The molecular weight excluding hydrogens is 262 g/mol. The lowest BCUT2D eigenvalue weighted by molar-refractivity contribution is 0.116. The third-order valence-electron chi connectivity index (χ3n) is 4.46. The van der Waals surface area contributed by atoms with Crippen molar-refractivity contribution in [3.8, 4) is 0 Å². The predicted molar refractivity (Wildman–Crippen MR) is 85.8 cm³/mol. The fourth-order valence-electron chi connectivity index (χ4n) is 3.09. The zero-order valence-electron chi connectivity index (χ0n) is 13.5. The average molecular weight is 289 g/mol. The van der Waals surface area contributed by atoms with E-state index < -0.39 is 0 Å². The topological polar surface area (TPSA) is 37.4 Å². The molecule has 1 aromatic heterocycles. The van der Waals surface area contributed by atoms with E-state index in [9.17, 15) is 0 Å². The van der Waals surface area contributed by atoms with Gasteiger partial charge >= 0.3 is 0 Å². The van der Waals surface area contributed by atoms with Crippen molar-refractivity contribution in [1.29, 1.82) is 0 Å². The van der Waals surface area contributed by atoms with Gasteiger partial charge in [0, 0.05) is 44.0 Å². The van der Waals surface area contributed by atoms with Crippen LogP contribution in [0, 0.1) is 13.8 Å². The summed E-state index contributed by atoms with van der Waals surface area (Å²) in [5.74, 6) is 1.12. The maximum absolute atomic E-state index is 5.77. The Bertz CT molecular complexity index is 493. The van der Waals surface area contributed by atoms with Gasteiger partial charge in [-0.1, -0.05) is 0 Å². The van der Waals surface area contributed by atoms with Gasteiger partial charge in [0.2, 0.25) is 0 Å². The lowest BCUT2D eigenvalue weighted by atomic mass is 10.1. The van der Waals surface area contributed by atoms with Gasteiger partial charge in [0.05, 0.1) is 6.10 Å². The summed E-state index contributed by atoms with van der Waals surface area (Å²) in [6, 6.07) is 2.91. The highest BCUT2D eigenvalue weighted by atomic mass is 16.5. The highest BCUT2D eigenvalue weighted by molar-refractivity contribution is 5.51. The number of nitrogens with zero attached hydrogens (tertiary/aromatic N) is 2. The molecule has 21 heavy (non-hydrogen) atoms. The molecule has 116 valence electrons. The van der Waals surface area contributed by atoms with Crippen molar-refractivity contribution in [3.63, 3.8) is 0 Å². The Balaban J connectivity index is 1.76. The molecule has 1 unspecified atom stereocenters. The summed E-state index contributed by atoms with van der Waals surface area (Å²) < 4.78 is 5.77. The van der Waals surface area contributed by atoms with Gasteiger partial charge in [-0.25, -0.2) is 4.98 Å². The Kier molecular flexibility index (Phi) is 4.45. The molecule has 1 aliphatic heterocycles. The van der Waals surface area contributed by atoms with Gasteiger partial charge in [-0.05, 0) is 51.2 Å². The van der Waals surface area contributed by atoms with Crippen molar-refractivity contribution < 1.29 is 4.74 Å². The van der Waals surface area contributed by atoms with Crippen molar-refractivity contribution >= 4 is 5.82 Å². The van der Waals surface area contributed by atoms with Crippen LogP contribution in [0.25, 0.3) is 0 Å². The van der Waals surface area contributed by atoms with E-state index in [0.717, 1.165) is 37.3 Å². The smallest absolute Gasteiger partial charge is 0.133 e. The third kappa shape index (κ3) is 3.74. The summed E-state index contributed by atoms with van der Waals surface area (Å²) in [6.45, 7) is 7.05. The van der Waals surface area contributed by atoms with Crippen LogP contribution < -0.4 is 10.2 Å². The van der Waals surface area contributed by atoms with Gasteiger partial charge in [0.1, 0.15) is 5.82 Å². The van der Waals surface area contributed by atoms with Crippen molar-refractivity contribution in [2.24, 2.45) is 0 Å². The van der Waals surface area contributed by atoms with Crippen molar-refractivity contribution in [2.75, 3.05) is 25.1 Å². The molecule has 1 saturated carbocycles. The quantitative estimate of drug-likeness (QED) is 0.873. The molecule has 1 aliphatic carbocycles. The number of aromatic nitrogens is 1. The Morgan fingerprint density at radius 1 is 1.33 bits per heavy atom. The van der Waals surface area contributed by atoms with Crippen LogP contribution >= 0.6 is 0 Å². The molecule has 0 aromatic carbocycles. The van der Waals surface area contributed by atoms with Crippen molar-refractivity contribution in [1.82, 2.24) is 10.3 Å². The second kappa shape index (κ2) is 6.32. The van der Waals surface area contributed by atoms with Gasteiger partial charge in [-0.15, -0.1) is 0 Å². The zero-order valence-corrected chi connectivity index (χ0v) is 13.5. The molecular formula is C17H27N3O. The molecule has 0 amide bonds. The minimum Gasteiger partial charge on any atom is -0.376 e. The fraction of sp³-hybridized carbons (Fsp3) is 0.706. The van der Waals surface area contributed by atoms with Crippen LogP contribution in [0.1, 0.15) is 42.5 Å². The Hall–Kier alpha value is -1.13. The monoisotopic (exact) mass is 289 g/mol. The first-order valence-corrected chi connectivity index (χ1v) is 8.16. The number of rotatable bonds is 6. The first kappa shape index (κ1) is 14.8. The van der Waals surface area contributed by atoms with Crippen molar-refractivity contribution in [3.05, 3.63) is 22.9 Å². The van der Waals surface area contributed by atoms with Crippen LogP contribution in [0.3, 0.4) is 0 Å². The number of nitrogens with one attached hydrogen (secondary N) is 1. The molecule has 1 atom stereocenters. The van der Waals surface area contributed by atoms with Gasteiger partial charge < -0.3 is 15.0 Å². The van der Waals surface area contributed by atoms with Crippen LogP contribution in [0.5, 0.6) is 0 Å². The van der Waals surface area contributed by atoms with Crippen LogP contribution in [-0.4, -0.2) is 37.3 Å². The molecule has 2 fully saturated rings. The van der Waals surface area contributed by atoms with E-state index in [1.165, 1.54) is 36.8 Å². The van der Waals surface area contributed by atoms with Crippen LogP contribution in [0.4, 0.5) is 5.82 Å². The fourth-order valence-corrected chi connectivity index (χ4v) is 3.09. The standard InChI is InChI=1S/C17H27N3O/c1-12-9-13(2)19-17(16(12)10-18-14-6-7-14)20(3)11-15-5-4-8-21-15/h9,14-15,18H,4-8,10-11H2,1-3H3. The number of hydrogen-bond acceptors (Lipinski definition) is 4. The molecule has 4 nitrogen and oxygen atoms in total. The Morgan fingerprint density at radius 3 is 2.81 bits per heavy atom. The molecule has 2 aliphatic rings. The number of pyridine rings is 1. The second-order valence-electron chi connectivity index (χ2n) is 6.55. The van der Waals surface area contributed by atoms with Crippen molar-refractivity contribution in [2.45, 2.75) is 58.2 Å². The molecule has 0 bridgehead atoms. The number of hydrogen-bond donors (Lipinski definition) is 1. The minimum atomic E-state index is 0.363. The van der Waals surface area contributed by atoms with Crippen LogP contribution in [0.2, 0.25) is 0 Å². The number of aryl methyl sites for hydroxylation is 2. The molecule has 1 saturated heterocycles. The molecule has 0 spiro atoms. The summed E-state index contributed by atoms with van der Waals surface area (Å²) in [5, 5.41) is 3.62. The summed E-state index contributed by atoms with van der Waals surface area (Å²) >= 11 is 0.